The highest BCUT2D eigenvalue weighted by atomic mass is 32.2. The molecule has 0 aliphatic heterocycles. The van der Waals surface area contributed by atoms with E-state index >= 15 is 0 Å². The zero-order valence-corrected chi connectivity index (χ0v) is 9.37. The average Bonchev–Trinajstić information content (AvgIpc) is 2.53. The van der Waals surface area contributed by atoms with Crippen molar-refractivity contribution in [3.05, 3.63) is 0 Å². The summed E-state index contributed by atoms with van der Waals surface area (Å²) < 4.78 is 1.63. The molecule has 0 atom stereocenters. The Bertz CT molecular complexity index is 264. The quantitative estimate of drug-likeness (QED) is 0.713. The molecule has 1 N–H and O–H groups in total. The molecule has 80 valence electrons. The van der Waals surface area contributed by atoms with Gasteiger partial charge >= 0.3 is 0 Å². The van der Waals surface area contributed by atoms with Crippen LogP contribution in [0.15, 0.2) is 5.16 Å². The first-order valence-electron chi connectivity index (χ1n) is 4.74. The van der Waals surface area contributed by atoms with E-state index in [1.54, 1.807) is 16.4 Å². The minimum atomic E-state index is 0.0722. The molecule has 0 saturated carbocycles. The number of aliphatic hydroxyl groups excluding tert-OH is 1. The fraction of sp³-hybridized carbons (Fsp3) is 0.875. The molecule has 6 heteroatoms. The minimum Gasteiger partial charge on any atom is -0.394 e. The first-order valence-corrected chi connectivity index (χ1v) is 5.72. The number of thioether (sulfide) groups is 1. The van der Waals surface area contributed by atoms with Gasteiger partial charge in [0.2, 0.25) is 5.16 Å². The van der Waals surface area contributed by atoms with Gasteiger partial charge in [0.15, 0.2) is 0 Å². The SMILES string of the molecule is CC(C)CCSc1nnnn1CCO. The molecule has 5 nitrogen and oxygen atoms in total. The second-order valence-corrected chi connectivity index (χ2v) is 4.50. The summed E-state index contributed by atoms with van der Waals surface area (Å²) in [6.45, 7) is 4.92. The van der Waals surface area contributed by atoms with E-state index in [1.807, 2.05) is 0 Å². The van der Waals surface area contributed by atoms with Gasteiger partial charge in [0.05, 0.1) is 13.2 Å². The Hall–Kier alpha value is -0.620. The van der Waals surface area contributed by atoms with Gasteiger partial charge in [-0.15, -0.1) is 5.10 Å². The summed E-state index contributed by atoms with van der Waals surface area (Å²) >= 11 is 1.64. The van der Waals surface area contributed by atoms with Gasteiger partial charge in [0.25, 0.3) is 0 Å². The Morgan fingerprint density at radius 1 is 1.50 bits per heavy atom. The molecule has 1 aromatic rings. The van der Waals surface area contributed by atoms with Crippen molar-refractivity contribution in [1.29, 1.82) is 0 Å². The largest absolute Gasteiger partial charge is 0.394 e. The van der Waals surface area contributed by atoms with Crippen molar-refractivity contribution in [2.24, 2.45) is 5.92 Å². The molecule has 0 bridgehead atoms. The van der Waals surface area contributed by atoms with Crippen molar-refractivity contribution in [2.75, 3.05) is 12.4 Å². The Balaban J connectivity index is 2.37. The summed E-state index contributed by atoms with van der Waals surface area (Å²) in [6, 6.07) is 0. The zero-order valence-electron chi connectivity index (χ0n) is 8.55. The maximum atomic E-state index is 8.75. The number of tetrazole rings is 1. The predicted molar refractivity (Wildman–Crippen MR) is 55.1 cm³/mol. The maximum Gasteiger partial charge on any atom is 0.209 e. The van der Waals surface area contributed by atoms with Crippen LogP contribution in [0.1, 0.15) is 20.3 Å². The summed E-state index contributed by atoms with van der Waals surface area (Å²) in [4.78, 5) is 0. The van der Waals surface area contributed by atoms with Crippen LogP contribution in [0.4, 0.5) is 0 Å². The average molecular weight is 216 g/mol. The van der Waals surface area contributed by atoms with E-state index in [9.17, 15) is 0 Å². The van der Waals surface area contributed by atoms with Crippen molar-refractivity contribution in [2.45, 2.75) is 32.0 Å². The van der Waals surface area contributed by atoms with Gasteiger partial charge in [-0.1, -0.05) is 25.6 Å². The lowest BCUT2D eigenvalue weighted by atomic mass is 10.2. The third-order valence-corrected chi connectivity index (χ3v) is 2.73. The van der Waals surface area contributed by atoms with E-state index in [4.69, 9.17) is 5.11 Å². The van der Waals surface area contributed by atoms with Gasteiger partial charge in [-0.25, -0.2) is 4.68 Å². The van der Waals surface area contributed by atoms with Crippen molar-refractivity contribution in [1.82, 2.24) is 20.2 Å². The van der Waals surface area contributed by atoms with E-state index in [0.29, 0.717) is 12.5 Å². The molecule has 1 heterocycles. The van der Waals surface area contributed by atoms with Crippen LogP contribution in [0.2, 0.25) is 0 Å². The van der Waals surface area contributed by atoms with Crippen LogP contribution in [0.5, 0.6) is 0 Å². The maximum absolute atomic E-state index is 8.75. The van der Waals surface area contributed by atoms with Crippen LogP contribution in [-0.2, 0) is 6.54 Å². The third kappa shape index (κ3) is 3.63. The van der Waals surface area contributed by atoms with Crippen LogP contribution in [0, 0.1) is 5.92 Å². The molecule has 0 aliphatic rings. The Kier molecular flexibility index (Phi) is 4.89. The highest BCUT2D eigenvalue weighted by Crippen LogP contribution is 2.16. The van der Waals surface area contributed by atoms with E-state index in [1.165, 1.54) is 0 Å². The first kappa shape index (κ1) is 11.5. The van der Waals surface area contributed by atoms with Crippen molar-refractivity contribution >= 4 is 11.8 Å². The molecule has 0 aliphatic carbocycles. The van der Waals surface area contributed by atoms with E-state index in [0.717, 1.165) is 17.3 Å². The van der Waals surface area contributed by atoms with Crippen LogP contribution >= 0.6 is 11.8 Å². The monoisotopic (exact) mass is 216 g/mol. The number of aromatic nitrogens is 4. The summed E-state index contributed by atoms with van der Waals surface area (Å²) in [5.41, 5.74) is 0. The van der Waals surface area contributed by atoms with Gasteiger partial charge in [-0.2, -0.15) is 0 Å². The molecule has 0 unspecified atom stereocenters. The van der Waals surface area contributed by atoms with E-state index < -0.39 is 0 Å². The molecule has 14 heavy (non-hydrogen) atoms. The van der Waals surface area contributed by atoms with Crippen molar-refractivity contribution in [3.63, 3.8) is 0 Å². The Labute approximate surface area is 87.9 Å². The highest BCUT2D eigenvalue weighted by Gasteiger charge is 2.05. The van der Waals surface area contributed by atoms with Gasteiger partial charge in [0.1, 0.15) is 0 Å². The van der Waals surface area contributed by atoms with Crippen molar-refractivity contribution in [3.8, 4) is 0 Å². The van der Waals surface area contributed by atoms with Gasteiger partial charge in [-0.05, 0) is 22.8 Å². The summed E-state index contributed by atoms with van der Waals surface area (Å²) in [7, 11) is 0. The number of nitrogens with zero attached hydrogens (tertiary/aromatic N) is 4. The second kappa shape index (κ2) is 5.98. The highest BCUT2D eigenvalue weighted by molar-refractivity contribution is 7.99. The smallest absolute Gasteiger partial charge is 0.209 e. The van der Waals surface area contributed by atoms with E-state index in [-0.39, 0.29) is 6.61 Å². The molecule has 1 aromatic heterocycles. The minimum absolute atomic E-state index is 0.0722. The molecular weight excluding hydrogens is 200 g/mol. The van der Waals surface area contributed by atoms with Crippen molar-refractivity contribution < 1.29 is 5.11 Å². The topological polar surface area (TPSA) is 63.8 Å². The lowest BCUT2D eigenvalue weighted by molar-refractivity contribution is 0.262. The first-order chi connectivity index (χ1) is 6.74. The summed E-state index contributed by atoms with van der Waals surface area (Å²) in [5, 5.41) is 20.8. The Morgan fingerprint density at radius 2 is 2.29 bits per heavy atom. The van der Waals surface area contributed by atoms with Crippen LogP contribution in [0.3, 0.4) is 0 Å². The predicted octanol–water partition coefficient (Wildman–Crippen LogP) is 0.804. The van der Waals surface area contributed by atoms with Crippen LogP contribution in [0.25, 0.3) is 0 Å². The van der Waals surface area contributed by atoms with Gasteiger partial charge in [0, 0.05) is 5.75 Å². The number of hydrogen-bond donors (Lipinski definition) is 1. The van der Waals surface area contributed by atoms with Gasteiger partial charge in [-0.3, -0.25) is 0 Å². The third-order valence-electron chi connectivity index (χ3n) is 1.74. The molecule has 0 saturated heterocycles. The fourth-order valence-corrected chi connectivity index (χ4v) is 2.06. The van der Waals surface area contributed by atoms with Gasteiger partial charge < -0.3 is 5.11 Å². The van der Waals surface area contributed by atoms with Crippen LogP contribution in [-0.4, -0.2) is 37.7 Å². The normalized spacial score (nSPS) is 11.1. The number of aliphatic hydroxyl groups is 1. The number of hydrogen-bond acceptors (Lipinski definition) is 5. The molecule has 0 aromatic carbocycles. The fourth-order valence-electron chi connectivity index (χ4n) is 0.921. The molecule has 1 rings (SSSR count). The molecule has 0 fully saturated rings. The summed E-state index contributed by atoms with van der Waals surface area (Å²) in [6.07, 6.45) is 1.15. The number of rotatable bonds is 6. The van der Waals surface area contributed by atoms with Crippen LogP contribution < -0.4 is 0 Å². The lowest BCUT2D eigenvalue weighted by Gasteiger charge is -2.03. The molecule has 0 amide bonds. The summed E-state index contributed by atoms with van der Waals surface area (Å²) in [5.74, 6) is 1.72. The molecular formula is C8H16N4OS. The standard InChI is InChI=1S/C8H16N4OS/c1-7(2)3-6-14-8-9-10-11-12(8)4-5-13/h7,13H,3-6H2,1-2H3. The molecule has 0 radical (unpaired) electrons. The lowest BCUT2D eigenvalue weighted by Crippen LogP contribution is -2.06. The van der Waals surface area contributed by atoms with E-state index in [2.05, 4.69) is 29.4 Å². The second-order valence-electron chi connectivity index (χ2n) is 3.44. The zero-order chi connectivity index (χ0) is 10.4. The Morgan fingerprint density at radius 3 is 2.93 bits per heavy atom. The molecule has 0 spiro atoms.